The number of primary amides is 1. The largest absolute Gasteiger partial charge is 0.497 e. The molecule has 0 saturated carbocycles. The van der Waals surface area contributed by atoms with E-state index in [-0.39, 0.29) is 23.9 Å². The van der Waals surface area contributed by atoms with E-state index in [0.717, 1.165) is 6.07 Å². The Bertz CT molecular complexity index is 557. The maximum atomic E-state index is 13.3. The van der Waals surface area contributed by atoms with Crippen molar-refractivity contribution in [2.45, 2.75) is 31.6 Å². The molecule has 1 saturated heterocycles. The number of halogens is 3. The number of piperidine rings is 1. The lowest BCUT2D eigenvalue weighted by Gasteiger charge is -2.34. The van der Waals surface area contributed by atoms with Crippen LogP contribution >= 0.6 is 0 Å². The normalized spacial score (nSPS) is 16.2. The first-order chi connectivity index (χ1) is 10.8. The van der Waals surface area contributed by atoms with E-state index >= 15 is 0 Å². The molecule has 3 N–H and O–H groups in total. The second kappa shape index (κ2) is 7.08. The van der Waals surface area contributed by atoms with Gasteiger partial charge in [0.25, 0.3) is 0 Å². The van der Waals surface area contributed by atoms with Crippen LogP contribution in [0.2, 0.25) is 0 Å². The second-order valence-electron chi connectivity index (χ2n) is 5.47. The van der Waals surface area contributed by atoms with E-state index in [0.29, 0.717) is 25.9 Å². The van der Waals surface area contributed by atoms with E-state index in [9.17, 15) is 18.0 Å². The Kier molecular flexibility index (Phi) is 5.35. The molecule has 5 nitrogen and oxygen atoms in total. The van der Waals surface area contributed by atoms with E-state index in [4.69, 9.17) is 10.5 Å². The summed E-state index contributed by atoms with van der Waals surface area (Å²) in [7, 11) is 1.31. The third-order valence-electron chi connectivity index (χ3n) is 4.00. The summed E-state index contributed by atoms with van der Waals surface area (Å²) in [6.45, 7) is 1.26. The summed E-state index contributed by atoms with van der Waals surface area (Å²) in [6, 6.07) is 2.86. The molecule has 1 aliphatic heterocycles. The van der Waals surface area contributed by atoms with Gasteiger partial charge in [-0.3, -0.25) is 0 Å². The number of carbonyl (C=O) groups excluding carboxylic acids is 1. The second-order valence-corrected chi connectivity index (χ2v) is 5.47. The van der Waals surface area contributed by atoms with Gasteiger partial charge in [-0.15, -0.1) is 0 Å². The predicted octanol–water partition coefficient (Wildman–Crippen LogP) is 2.35. The van der Waals surface area contributed by atoms with Crippen LogP contribution in [0.1, 0.15) is 24.0 Å². The Morgan fingerprint density at radius 1 is 1.39 bits per heavy atom. The van der Waals surface area contributed by atoms with E-state index in [1.807, 2.05) is 0 Å². The zero-order valence-electron chi connectivity index (χ0n) is 12.8. The van der Waals surface area contributed by atoms with Crippen LogP contribution in [0.25, 0.3) is 0 Å². The molecule has 0 aromatic heterocycles. The van der Waals surface area contributed by atoms with Gasteiger partial charge in [-0.1, -0.05) is 6.07 Å². The summed E-state index contributed by atoms with van der Waals surface area (Å²) in [5.41, 5.74) is 4.59. The number of rotatable bonds is 4. The highest BCUT2D eigenvalue weighted by Gasteiger charge is 2.35. The summed E-state index contributed by atoms with van der Waals surface area (Å²) in [4.78, 5) is 13.0. The lowest BCUT2D eigenvalue weighted by molar-refractivity contribution is -0.138. The minimum Gasteiger partial charge on any atom is -0.497 e. The molecule has 0 aliphatic carbocycles. The van der Waals surface area contributed by atoms with Gasteiger partial charge in [0.2, 0.25) is 0 Å². The molecule has 2 amide bonds. The molecule has 0 spiro atoms. The lowest BCUT2D eigenvalue weighted by atomic mass is 10.0. The van der Waals surface area contributed by atoms with Crippen molar-refractivity contribution in [1.82, 2.24) is 10.2 Å². The van der Waals surface area contributed by atoms with E-state index < -0.39 is 17.8 Å². The highest BCUT2D eigenvalue weighted by atomic mass is 19.4. The standard InChI is InChI=1S/C15H20F3N3O2/c1-23-12-3-2-10(13(8-12)15(16,17)18)9-21(14(19)22)11-4-6-20-7-5-11/h2-3,8,11,20H,4-7,9H2,1H3,(H2,19,22). The lowest BCUT2D eigenvalue weighted by Crippen LogP contribution is -2.48. The maximum Gasteiger partial charge on any atom is 0.416 e. The minimum atomic E-state index is -4.53. The van der Waals surface area contributed by atoms with Gasteiger partial charge in [0, 0.05) is 12.6 Å². The number of nitrogens with one attached hydrogen (secondary N) is 1. The van der Waals surface area contributed by atoms with Crippen molar-refractivity contribution in [2.24, 2.45) is 5.73 Å². The minimum absolute atomic E-state index is 0.00985. The van der Waals surface area contributed by atoms with Gasteiger partial charge >= 0.3 is 12.2 Å². The van der Waals surface area contributed by atoms with Crippen LogP contribution in [0, 0.1) is 0 Å². The Labute approximate surface area is 132 Å². The molecule has 1 aromatic rings. The molecule has 1 heterocycles. The molecule has 0 radical (unpaired) electrons. The van der Waals surface area contributed by atoms with Crippen LogP contribution < -0.4 is 15.8 Å². The Balaban J connectivity index is 2.30. The molecule has 8 heteroatoms. The monoisotopic (exact) mass is 331 g/mol. The van der Waals surface area contributed by atoms with Crippen molar-refractivity contribution in [3.63, 3.8) is 0 Å². The number of alkyl halides is 3. The fourth-order valence-corrected chi connectivity index (χ4v) is 2.77. The first kappa shape index (κ1) is 17.4. The van der Waals surface area contributed by atoms with Crippen LogP contribution in [0.5, 0.6) is 5.75 Å². The van der Waals surface area contributed by atoms with Gasteiger partial charge < -0.3 is 20.7 Å². The van der Waals surface area contributed by atoms with Gasteiger partial charge in [0.15, 0.2) is 0 Å². The number of methoxy groups -OCH3 is 1. The fourth-order valence-electron chi connectivity index (χ4n) is 2.77. The average Bonchev–Trinajstić information content (AvgIpc) is 2.52. The molecular formula is C15H20F3N3O2. The third kappa shape index (κ3) is 4.28. The number of benzene rings is 1. The summed E-state index contributed by atoms with van der Waals surface area (Å²) in [5, 5.41) is 3.15. The van der Waals surface area contributed by atoms with Gasteiger partial charge in [0.1, 0.15) is 5.75 Å². The number of hydrogen-bond donors (Lipinski definition) is 2. The zero-order chi connectivity index (χ0) is 17.0. The van der Waals surface area contributed by atoms with Crippen molar-refractivity contribution in [3.05, 3.63) is 29.3 Å². The Hall–Kier alpha value is -1.96. The Morgan fingerprint density at radius 3 is 2.57 bits per heavy atom. The number of hydrogen-bond acceptors (Lipinski definition) is 3. The quantitative estimate of drug-likeness (QED) is 0.890. The molecular weight excluding hydrogens is 311 g/mol. The van der Waals surface area contributed by atoms with Gasteiger partial charge in [-0.25, -0.2) is 4.79 Å². The SMILES string of the molecule is COc1ccc(CN(C(N)=O)C2CCNCC2)c(C(F)(F)F)c1. The molecule has 1 aromatic carbocycles. The van der Waals surface area contributed by atoms with Crippen molar-refractivity contribution in [2.75, 3.05) is 20.2 Å². The van der Waals surface area contributed by atoms with Crippen LogP contribution in [0.15, 0.2) is 18.2 Å². The molecule has 0 unspecified atom stereocenters. The van der Waals surface area contributed by atoms with Gasteiger partial charge in [0.05, 0.1) is 12.7 Å². The average molecular weight is 331 g/mol. The molecule has 0 bridgehead atoms. The number of nitrogens with zero attached hydrogens (tertiary/aromatic N) is 1. The van der Waals surface area contributed by atoms with Crippen molar-refractivity contribution >= 4 is 6.03 Å². The Morgan fingerprint density at radius 2 is 2.04 bits per heavy atom. The third-order valence-corrected chi connectivity index (χ3v) is 4.00. The molecule has 0 atom stereocenters. The maximum absolute atomic E-state index is 13.3. The van der Waals surface area contributed by atoms with Crippen LogP contribution in [0.3, 0.4) is 0 Å². The van der Waals surface area contributed by atoms with Crippen molar-refractivity contribution in [3.8, 4) is 5.75 Å². The number of carbonyl (C=O) groups is 1. The summed E-state index contributed by atoms with van der Waals surface area (Å²) < 4.78 is 44.6. The number of amides is 2. The zero-order valence-corrected chi connectivity index (χ0v) is 12.8. The van der Waals surface area contributed by atoms with E-state index in [2.05, 4.69) is 5.32 Å². The summed E-state index contributed by atoms with van der Waals surface area (Å²) >= 11 is 0. The molecule has 128 valence electrons. The molecule has 1 fully saturated rings. The van der Waals surface area contributed by atoms with E-state index in [1.54, 1.807) is 0 Å². The van der Waals surface area contributed by atoms with Crippen LogP contribution in [0.4, 0.5) is 18.0 Å². The van der Waals surface area contributed by atoms with Crippen molar-refractivity contribution in [1.29, 1.82) is 0 Å². The number of nitrogens with two attached hydrogens (primary N) is 1. The first-order valence-electron chi connectivity index (χ1n) is 7.34. The van der Waals surface area contributed by atoms with Crippen molar-refractivity contribution < 1.29 is 22.7 Å². The predicted molar refractivity (Wildman–Crippen MR) is 79.0 cm³/mol. The number of urea groups is 1. The smallest absolute Gasteiger partial charge is 0.416 e. The summed E-state index contributed by atoms with van der Waals surface area (Å²) in [5.74, 6) is 0.119. The summed E-state index contributed by atoms with van der Waals surface area (Å²) in [6.07, 6.45) is -3.19. The van der Waals surface area contributed by atoms with Crippen LogP contribution in [-0.4, -0.2) is 37.2 Å². The highest BCUT2D eigenvalue weighted by molar-refractivity contribution is 5.72. The highest BCUT2D eigenvalue weighted by Crippen LogP contribution is 2.35. The molecule has 1 aliphatic rings. The van der Waals surface area contributed by atoms with Gasteiger partial charge in [-0.2, -0.15) is 13.2 Å². The fraction of sp³-hybridized carbons (Fsp3) is 0.533. The molecule has 23 heavy (non-hydrogen) atoms. The number of ether oxygens (including phenoxy) is 1. The van der Waals surface area contributed by atoms with Gasteiger partial charge in [-0.05, 0) is 43.6 Å². The first-order valence-corrected chi connectivity index (χ1v) is 7.34. The van der Waals surface area contributed by atoms with Crippen LogP contribution in [-0.2, 0) is 12.7 Å². The topological polar surface area (TPSA) is 67.6 Å². The van der Waals surface area contributed by atoms with E-state index in [1.165, 1.54) is 24.1 Å². The molecule has 2 rings (SSSR count).